The maximum Gasteiger partial charge on any atom is 0.215 e. The van der Waals surface area contributed by atoms with Gasteiger partial charge in [0.05, 0.1) is 31.5 Å². The zero-order valence-electron chi connectivity index (χ0n) is 8.21. The first-order valence-corrected chi connectivity index (χ1v) is 6.16. The fourth-order valence-corrected chi connectivity index (χ4v) is 2.56. The van der Waals surface area contributed by atoms with E-state index in [0.29, 0.717) is 0 Å². The molecule has 6 nitrogen and oxygen atoms in total. The van der Waals surface area contributed by atoms with E-state index in [0.717, 1.165) is 12.4 Å². The topological polar surface area (TPSA) is 95.2 Å². The number of hydrogen-bond donors (Lipinski definition) is 1. The van der Waals surface area contributed by atoms with Crippen LogP contribution in [0.2, 0.25) is 0 Å². The Bertz CT molecular complexity index is 476. The van der Waals surface area contributed by atoms with Crippen molar-refractivity contribution in [2.75, 3.05) is 13.2 Å². The van der Waals surface area contributed by atoms with Gasteiger partial charge in [-0.25, -0.2) is 27.9 Å². The van der Waals surface area contributed by atoms with E-state index in [1.165, 1.54) is 0 Å². The summed E-state index contributed by atoms with van der Waals surface area (Å²) in [5.74, 6) is -0.872. The van der Waals surface area contributed by atoms with E-state index in [1.54, 1.807) is 0 Å². The fraction of sp³-hybridized carbons (Fsp3) is 0.500. The number of rotatable bonds is 2. The molecule has 0 radical (unpaired) electrons. The fourth-order valence-electron chi connectivity index (χ4n) is 1.61. The predicted molar refractivity (Wildman–Crippen MR) is 52.4 cm³/mol. The third-order valence-electron chi connectivity index (χ3n) is 2.42. The molecule has 1 fully saturated rings. The molecule has 16 heavy (non-hydrogen) atoms. The van der Waals surface area contributed by atoms with Gasteiger partial charge in [0.2, 0.25) is 10.0 Å². The molecule has 2 rings (SSSR count). The Morgan fingerprint density at radius 2 is 2.00 bits per heavy atom. The molecule has 0 saturated carbocycles. The first kappa shape index (κ1) is 11.4. The molecule has 1 aliphatic heterocycles. The maximum absolute atomic E-state index is 12.6. The van der Waals surface area contributed by atoms with E-state index >= 15 is 0 Å². The Hall–Kier alpha value is -1.12. The number of nitrogens with zero attached hydrogens (tertiary/aromatic N) is 2. The van der Waals surface area contributed by atoms with Crippen molar-refractivity contribution >= 4 is 10.0 Å². The Kier molecular flexibility index (Phi) is 2.87. The van der Waals surface area contributed by atoms with Crippen LogP contribution in [0.4, 0.5) is 4.39 Å². The molecule has 0 bridgehead atoms. The van der Waals surface area contributed by atoms with Crippen molar-refractivity contribution in [2.24, 2.45) is 5.14 Å². The van der Waals surface area contributed by atoms with Crippen molar-refractivity contribution in [1.82, 2.24) is 9.97 Å². The van der Waals surface area contributed by atoms with E-state index in [1.807, 2.05) is 0 Å². The summed E-state index contributed by atoms with van der Waals surface area (Å²) in [6, 6.07) is 0. The van der Waals surface area contributed by atoms with Gasteiger partial charge in [0.25, 0.3) is 0 Å². The van der Waals surface area contributed by atoms with Crippen LogP contribution in [0.15, 0.2) is 12.4 Å². The van der Waals surface area contributed by atoms with Crippen molar-refractivity contribution in [3.63, 3.8) is 0 Å². The SMILES string of the molecule is NS(=O)(=O)[C@H]1COC[C@H]1c1ncc(F)cn1. The third kappa shape index (κ3) is 2.18. The number of ether oxygens (including phenoxy) is 1. The number of primary sulfonamides is 1. The highest BCUT2D eigenvalue weighted by molar-refractivity contribution is 7.89. The second kappa shape index (κ2) is 4.04. The molecule has 1 aliphatic rings. The normalized spacial score (nSPS) is 25.9. The molecule has 0 unspecified atom stereocenters. The lowest BCUT2D eigenvalue weighted by atomic mass is 10.1. The molecule has 0 aromatic carbocycles. The standard InChI is InChI=1S/C8H10FN3O3S/c9-5-1-11-8(12-2-5)6-3-15-4-7(6)16(10,13)14/h1-2,6-7H,3-4H2,(H2,10,13,14)/t6-,7+/m1/s1. The second-order valence-electron chi connectivity index (χ2n) is 3.53. The van der Waals surface area contributed by atoms with Crippen LogP contribution in [-0.2, 0) is 14.8 Å². The Morgan fingerprint density at radius 3 is 2.56 bits per heavy atom. The highest BCUT2D eigenvalue weighted by Gasteiger charge is 2.39. The minimum Gasteiger partial charge on any atom is -0.379 e. The van der Waals surface area contributed by atoms with Gasteiger partial charge >= 0.3 is 0 Å². The van der Waals surface area contributed by atoms with Crippen LogP contribution in [0.3, 0.4) is 0 Å². The van der Waals surface area contributed by atoms with E-state index < -0.39 is 27.0 Å². The van der Waals surface area contributed by atoms with E-state index in [9.17, 15) is 12.8 Å². The van der Waals surface area contributed by atoms with Gasteiger partial charge < -0.3 is 4.74 Å². The summed E-state index contributed by atoms with van der Waals surface area (Å²) in [4.78, 5) is 7.48. The highest BCUT2D eigenvalue weighted by Crippen LogP contribution is 2.26. The molecule has 0 amide bonds. The summed E-state index contributed by atoms with van der Waals surface area (Å²) in [6.07, 6.45) is 1.97. The minimum absolute atomic E-state index is 0.0181. The Morgan fingerprint density at radius 1 is 1.38 bits per heavy atom. The van der Waals surface area contributed by atoms with Crippen LogP contribution in [0.1, 0.15) is 11.7 Å². The predicted octanol–water partition coefficient (Wildman–Crippen LogP) is -0.613. The first-order valence-electron chi connectivity index (χ1n) is 4.55. The van der Waals surface area contributed by atoms with Crippen LogP contribution < -0.4 is 5.14 Å². The van der Waals surface area contributed by atoms with Gasteiger partial charge in [-0.1, -0.05) is 0 Å². The maximum atomic E-state index is 12.6. The summed E-state index contributed by atoms with van der Waals surface area (Å²) in [5.41, 5.74) is 0. The molecular formula is C8H10FN3O3S. The van der Waals surface area contributed by atoms with Crippen molar-refractivity contribution in [3.8, 4) is 0 Å². The lowest BCUT2D eigenvalue weighted by Crippen LogP contribution is -2.34. The zero-order valence-corrected chi connectivity index (χ0v) is 9.02. The van der Waals surface area contributed by atoms with Crippen molar-refractivity contribution in [2.45, 2.75) is 11.2 Å². The van der Waals surface area contributed by atoms with Gasteiger partial charge in [0.1, 0.15) is 11.1 Å². The molecule has 2 N–H and O–H groups in total. The zero-order chi connectivity index (χ0) is 11.8. The molecule has 1 aromatic rings. The number of halogens is 1. The molecule has 1 aromatic heterocycles. The Balaban J connectivity index is 2.30. The average molecular weight is 247 g/mol. The summed E-state index contributed by atoms with van der Waals surface area (Å²) >= 11 is 0. The van der Waals surface area contributed by atoms with Crippen molar-refractivity contribution < 1.29 is 17.5 Å². The smallest absolute Gasteiger partial charge is 0.215 e. The second-order valence-corrected chi connectivity index (χ2v) is 5.31. The highest BCUT2D eigenvalue weighted by atomic mass is 32.2. The van der Waals surface area contributed by atoms with Gasteiger partial charge in [-0.3, -0.25) is 0 Å². The summed E-state index contributed by atoms with van der Waals surface area (Å²) in [5, 5.41) is 4.20. The number of aromatic nitrogens is 2. The van der Waals surface area contributed by atoms with Crippen LogP contribution in [0.25, 0.3) is 0 Å². The van der Waals surface area contributed by atoms with Crippen LogP contribution in [-0.4, -0.2) is 36.8 Å². The van der Waals surface area contributed by atoms with Crippen LogP contribution in [0, 0.1) is 5.82 Å². The van der Waals surface area contributed by atoms with E-state index in [-0.39, 0.29) is 19.0 Å². The number of hydrogen-bond acceptors (Lipinski definition) is 5. The van der Waals surface area contributed by atoms with Crippen molar-refractivity contribution in [1.29, 1.82) is 0 Å². The number of nitrogens with two attached hydrogens (primary N) is 1. The Labute approximate surface area is 91.7 Å². The molecular weight excluding hydrogens is 237 g/mol. The van der Waals surface area contributed by atoms with Gasteiger partial charge in [-0.2, -0.15) is 0 Å². The molecule has 0 aliphatic carbocycles. The molecule has 1 saturated heterocycles. The first-order chi connectivity index (χ1) is 7.48. The van der Waals surface area contributed by atoms with Crippen molar-refractivity contribution in [3.05, 3.63) is 24.0 Å². The summed E-state index contributed by atoms with van der Waals surface area (Å²) in [6.45, 7) is 0.191. The molecule has 2 atom stereocenters. The van der Waals surface area contributed by atoms with Gasteiger partial charge in [0, 0.05) is 0 Å². The monoisotopic (exact) mass is 247 g/mol. The molecule has 2 heterocycles. The lowest BCUT2D eigenvalue weighted by Gasteiger charge is -2.13. The quantitative estimate of drug-likeness (QED) is 0.752. The summed E-state index contributed by atoms with van der Waals surface area (Å²) < 4.78 is 40.2. The van der Waals surface area contributed by atoms with Gasteiger partial charge in [-0.05, 0) is 0 Å². The lowest BCUT2D eigenvalue weighted by molar-refractivity contribution is 0.193. The van der Waals surface area contributed by atoms with Crippen LogP contribution >= 0.6 is 0 Å². The van der Waals surface area contributed by atoms with E-state index in [4.69, 9.17) is 9.88 Å². The molecule has 0 spiro atoms. The number of sulfonamides is 1. The molecule has 8 heteroatoms. The van der Waals surface area contributed by atoms with Crippen LogP contribution in [0.5, 0.6) is 0 Å². The summed E-state index contributed by atoms with van der Waals surface area (Å²) in [7, 11) is -3.71. The average Bonchev–Trinajstić information content (AvgIpc) is 2.66. The van der Waals surface area contributed by atoms with Gasteiger partial charge in [-0.15, -0.1) is 0 Å². The van der Waals surface area contributed by atoms with Gasteiger partial charge in [0.15, 0.2) is 5.82 Å². The molecule has 88 valence electrons. The van der Waals surface area contributed by atoms with E-state index in [2.05, 4.69) is 9.97 Å². The third-order valence-corrected chi connectivity index (χ3v) is 3.73. The minimum atomic E-state index is -3.71. The largest absolute Gasteiger partial charge is 0.379 e.